The second-order valence-corrected chi connectivity index (χ2v) is 7.18. The number of rotatable bonds is 12. The van der Waals surface area contributed by atoms with Crippen molar-refractivity contribution < 1.29 is 4.39 Å². The fourth-order valence-corrected chi connectivity index (χ4v) is 3.09. The first-order chi connectivity index (χ1) is 11.8. The predicted molar refractivity (Wildman–Crippen MR) is 111 cm³/mol. The van der Waals surface area contributed by atoms with E-state index in [2.05, 4.69) is 51.2 Å². The van der Waals surface area contributed by atoms with Crippen LogP contribution in [0.5, 0.6) is 0 Å². The lowest BCUT2D eigenvalue weighted by Gasteiger charge is -2.29. The van der Waals surface area contributed by atoms with Gasteiger partial charge in [-0.3, -0.25) is 0 Å². The number of likely N-dealkylation sites (N-methyl/N-ethyl adjacent to an activating group) is 1. The fourth-order valence-electron chi connectivity index (χ4n) is 3.09. The van der Waals surface area contributed by atoms with Crippen molar-refractivity contribution in [2.75, 3.05) is 20.6 Å². The molecule has 0 bridgehead atoms. The van der Waals surface area contributed by atoms with E-state index in [0.29, 0.717) is 5.92 Å². The van der Waals surface area contributed by atoms with Gasteiger partial charge in [-0.25, -0.2) is 4.39 Å². The van der Waals surface area contributed by atoms with Gasteiger partial charge in [0.25, 0.3) is 0 Å². The second kappa shape index (κ2) is 13.2. The maximum absolute atomic E-state index is 14.0. The number of nitrogens with one attached hydrogen (secondary N) is 1. The van der Waals surface area contributed by atoms with E-state index in [1.165, 1.54) is 24.8 Å². The monoisotopic (exact) mass is 352 g/mol. The molecule has 0 heterocycles. The summed E-state index contributed by atoms with van der Waals surface area (Å²) < 4.78 is 14.0. The molecule has 0 rings (SSSR count). The van der Waals surface area contributed by atoms with Crippen LogP contribution in [0.25, 0.3) is 0 Å². The molecule has 0 spiro atoms. The van der Waals surface area contributed by atoms with E-state index in [1.54, 1.807) is 6.92 Å². The molecule has 0 amide bonds. The van der Waals surface area contributed by atoms with Crippen LogP contribution in [0.3, 0.4) is 0 Å². The van der Waals surface area contributed by atoms with Gasteiger partial charge in [0.15, 0.2) is 0 Å². The summed E-state index contributed by atoms with van der Waals surface area (Å²) in [5.74, 6) is 0.584. The molecule has 0 saturated heterocycles. The second-order valence-electron chi connectivity index (χ2n) is 7.18. The molecule has 0 fully saturated rings. The molecule has 25 heavy (non-hydrogen) atoms. The maximum atomic E-state index is 14.0. The molecule has 2 nitrogen and oxygen atoms in total. The summed E-state index contributed by atoms with van der Waals surface area (Å²) in [6, 6.07) is 0.0291. The zero-order valence-corrected chi connectivity index (χ0v) is 17.8. The highest BCUT2D eigenvalue weighted by Gasteiger charge is 2.19. The van der Waals surface area contributed by atoms with Crippen molar-refractivity contribution in [3.63, 3.8) is 0 Å². The summed E-state index contributed by atoms with van der Waals surface area (Å²) in [4.78, 5) is 2.04. The molecule has 1 N–H and O–H groups in total. The molecule has 0 aromatic rings. The molecule has 0 aliphatic carbocycles. The van der Waals surface area contributed by atoms with Crippen LogP contribution in [0.1, 0.15) is 67.2 Å². The first kappa shape index (κ1) is 23.9. The summed E-state index contributed by atoms with van der Waals surface area (Å²) in [5.41, 5.74) is 3.26. The van der Waals surface area contributed by atoms with Gasteiger partial charge in [-0.15, -0.1) is 0 Å². The first-order valence-corrected chi connectivity index (χ1v) is 9.87. The van der Waals surface area contributed by atoms with Crippen LogP contribution in [-0.2, 0) is 0 Å². The van der Waals surface area contributed by atoms with Gasteiger partial charge >= 0.3 is 0 Å². The van der Waals surface area contributed by atoms with Crippen molar-refractivity contribution in [1.82, 2.24) is 10.2 Å². The fraction of sp³-hybridized carbons (Fsp3) is 0.727. The molecule has 3 heteroatoms. The van der Waals surface area contributed by atoms with E-state index >= 15 is 0 Å². The smallest absolute Gasteiger partial charge is 0.120 e. The molecule has 0 aromatic carbocycles. The Hall–Kier alpha value is -1.09. The summed E-state index contributed by atoms with van der Waals surface area (Å²) in [6.45, 7) is 13.1. The van der Waals surface area contributed by atoms with Gasteiger partial charge in [0.2, 0.25) is 0 Å². The number of hydrogen-bond acceptors (Lipinski definition) is 2. The topological polar surface area (TPSA) is 15.3 Å². The number of halogens is 1. The molecule has 0 aromatic heterocycles. The van der Waals surface area contributed by atoms with E-state index in [-0.39, 0.29) is 6.04 Å². The SMILES string of the molecule is C/C=C(/CNC(C=CCC)/C(=C(/C)[C@H](C)F)N(C)C)[C@@H](C)CCCC. The molecule has 1 unspecified atom stereocenters. The molecular weight excluding hydrogens is 311 g/mol. The Labute approximate surface area is 156 Å². The zero-order chi connectivity index (χ0) is 19.4. The third-order valence-corrected chi connectivity index (χ3v) is 4.86. The molecule has 146 valence electrons. The van der Waals surface area contributed by atoms with Crippen LogP contribution in [-0.4, -0.2) is 37.8 Å². The van der Waals surface area contributed by atoms with Crippen molar-refractivity contribution in [2.24, 2.45) is 5.92 Å². The van der Waals surface area contributed by atoms with Crippen LogP contribution in [0.2, 0.25) is 0 Å². The van der Waals surface area contributed by atoms with Gasteiger partial charge in [-0.1, -0.05) is 57.4 Å². The van der Waals surface area contributed by atoms with Gasteiger partial charge in [0, 0.05) is 26.3 Å². The maximum Gasteiger partial charge on any atom is 0.120 e. The van der Waals surface area contributed by atoms with Crippen molar-refractivity contribution in [2.45, 2.75) is 79.4 Å². The largest absolute Gasteiger partial charge is 0.379 e. The third kappa shape index (κ3) is 8.71. The van der Waals surface area contributed by atoms with E-state index in [9.17, 15) is 4.39 Å². The van der Waals surface area contributed by atoms with Crippen LogP contribution < -0.4 is 5.32 Å². The lowest BCUT2D eigenvalue weighted by molar-refractivity contribution is 0.378. The summed E-state index contributed by atoms with van der Waals surface area (Å²) in [5, 5.41) is 3.66. The van der Waals surface area contributed by atoms with Crippen LogP contribution >= 0.6 is 0 Å². The van der Waals surface area contributed by atoms with Crippen molar-refractivity contribution >= 4 is 0 Å². The van der Waals surface area contributed by atoms with Gasteiger partial charge in [0.05, 0.1) is 6.04 Å². The first-order valence-electron chi connectivity index (χ1n) is 9.87. The Kier molecular flexibility index (Phi) is 12.6. The highest BCUT2D eigenvalue weighted by molar-refractivity contribution is 5.25. The minimum Gasteiger partial charge on any atom is -0.379 e. The molecule has 0 radical (unpaired) electrons. The lowest BCUT2D eigenvalue weighted by Crippen LogP contribution is -2.38. The molecule has 3 atom stereocenters. The van der Waals surface area contributed by atoms with Crippen molar-refractivity contribution in [1.29, 1.82) is 0 Å². The molecule has 0 aliphatic heterocycles. The number of allylic oxidation sites excluding steroid dienone is 3. The third-order valence-electron chi connectivity index (χ3n) is 4.86. The standard InChI is InChI=1S/C22H41FN2/c1-9-12-14-17(4)20(11-3)16-24-21(15-13-10-2)22(25(7)8)18(5)19(6)23/h11,13,15,17,19,21,24H,9-10,12,14,16H2,1-8H3/b15-13?,20-11-,22-18+/t17-,19-,21?/m0/s1. The summed E-state index contributed by atoms with van der Waals surface area (Å²) >= 11 is 0. The Morgan fingerprint density at radius 3 is 2.28 bits per heavy atom. The van der Waals surface area contributed by atoms with E-state index < -0.39 is 6.17 Å². The highest BCUT2D eigenvalue weighted by Crippen LogP contribution is 2.21. The molecule has 0 saturated carbocycles. The Bertz CT molecular complexity index is 447. The number of unbranched alkanes of at least 4 members (excludes halogenated alkanes) is 1. The Morgan fingerprint density at radius 2 is 1.84 bits per heavy atom. The van der Waals surface area contributed by atoms with Crippen molar-refractivity contribution in [3.05, 3.63) is 35.1 Å². The lowest BCUT2D eigenvalue weighted by atomic mass is 9.94. The van der Waals surface area contributed by atoms with Crippen LogP contribution in [0, 0.1) is 5.92 Å². The van der Waals surface area contributed by atoms with Crippen molar-refractivity contribution in [3.8, 4) is 0 Å². The Morgan fingerprint density at radius 1 is 1.20 bits per heavy atom. The average Bonchev–Trinajstić information content (AvgIpc) is 2.57. The number of hydrogen-bond donors (Lipinski definition) is 1. The minimum atomic E-state index is -0.943. The molecular formula is C22H41FN2. The van der Waals surface area contributed by atoms with Gasteiger partial charge in [-0.05, 0) is 45.1 Å². The van der Waals surface area contributed by atoms with Crippen LogP contribution in [0.15, 0.2) is 35.1 Å². The van der Waals surface area contributed by atoms with Gasteiger partial charge in [0.1, 0.15) is 6.17 Å². The van der Waals surface area contributed by atoms with E-state index in [4.69, 9.17) is 0 Å². The van der Waals surface area contributed by atoms with E-state index in [1.807, 2.05) is 25.9 Å². The number of alkyl halides is 1. The summed E-state index contributed by atoms with van der Waals surface area (Å²) in [7, 11) is 3.99. The normalized spacial score (nSPS) is 17.4. The number of nitrogens with zero attached hydrogens (tertiary/aromatic N) is 1. The zero-order valence-electron chi connectivity index (χ0n) is 17.8. The quantitative estimate of drug-likeness (QED) is 0.441. The van der Waals surface area contributed by atoms with Crippen LogP contribution in [0.4, 0.5) is 4.39 Å². The highest BCUT2D eigenvalue weighted by atomic mass is 19.1. The van der Waals surface area contributed by atoms with Gasteiger partial charge in [-0.2, -0.15) is 0 Å². The van der Waals surface area contributed by atoms with Gasteiger partial charge < -0.3 is 10.2 Å². The Balaban J connectivity index is 5.35. The minimum absolute atomic E-state index is 0.0291. The van der Waals surface area contributed by atoms with E-state index in [0.717, 1.165) is 24.2 Å². The average molecular weight is 353 g/mol. The summed E-state index contributed by atoms with van der Waals surface area (Å²) in [6.07, 6.45) is 10.3. The molecule has 0 aliphatic rings. The predicted octanol–water partition coefficient (Wildman–Crippen LogP) is 5.88.